The molecule has 4 heteroatoms. The van der Waals surface area contributed by atoms with Gasteiger partial charge in [0, 0.05) is 22.4 Å². The third kappa shape index (κ3) is 3.61. The molecule has 0 bridgehead atoms. The minimum atomic E-state index is 0.0659. The number of nitrogens with zero attached hydrogens (tertiary/aromatic N) is 1. The topological polar surface area (TPSA) is 46.3 Å². The van der Waals surface area contributed by atoms with Crippen molar-refractivity contribution in [1.29, 1.82) is 0 Å². The first-order chi connectivity index (χ1) is 9.60. The van der Waals surface area contributed by atoms with Crippen LogP contribution in [-0.4, -0.2) is 12.5 Å². The van der Waals surface area contributed by atoms with Gasteiger partial charge in [-0.15, -0.1) is 0 Å². The number of hydrogen-bond acceptors (Lipinski definition) is 2. The summed E-state index contributed by atoms with van der Waals surface area (Å²) < 4.78 is 0.981. The molecule has 0 fully saturated rings. The SMILES string of the molecule is CCN(C(=O)Cc1cccc(Br)c1)c1cccc(N)c1. The molecule has 2 aromatic carbocycles. The number of amides is 1. The third-order valence-corrected chi connectivity index (χ3v) is 3.54. The quantitative estimate of drug-likeness (QED) is 0.869. The highest BCUT2D eigenvalue weighted by Crippen LogP contribution is 2.19. The largest absolute Gasteiger partial charge is 0.399 e. The van der Waals surface area contributed by atoms with Crippen LogP contribution >= 0.6 is 15.9 Å². The van der Waals surface area contributed by atoms with Gasteiger partial charge in [-0.05, 0) is 42.8 Å². The molecule has 0 unspecified atom stereocenters. The van der Waals surface area contributed by atoms with Crippen LogP contribution in [-0.2, 0) is 11.2 Å². The van der Waals surface area contributed by atoms with Crippen molar-refractivity contribution in [3.63, 3.8) is 0 Å². The van der Waals surface area contributed by atoms with Crippen molar-refractivity contribution in [3.8, 4) is 0 Å². The Kier molecular flexibility index (Phi) is 4.79. The van der Waals surface area contributed by atoms with Crippen molar-refractivity contribution in [2.45, 2.75) is 13.3 Å². The molecule has 0 aliphatic carbocycles. The van der Waals surface area contributed by atoms with E-state index in [4.69, 9.17) is 5.73 Å². The fraction of sp³-hybridized carbons (Fsp3) is 0.188. The van der Waals surface area contributed by atoms with E-state index < -0.39 is 0 Å². The van der Waals surface area contributed by atoms with Crippen molar-refractivity contribution in [2.75, 3.05) is 17.2 Å². The van der Waals surface area contributed by atoms with Gasteiger partial charge in [0.15, 0.2) is 0 Å². The normalized spacial score (nSPS) is 10.3. The van der Waals surface area contributed by atoms with E-state index in [1.54, 1.807) is 4.90 Å². The lowest BCUT2D eigenvalue weighted by atomic mass is 10.1. The summed E-state index contributed by atoms with van der Waals surface area (Å²) >= 11 is 3.42. The maximum absolute atomic E-state index is 12.4. The van der Waals surface area contributed by atoms with E-state index in [1.807, 2.05) is 55.5 Å². The molecule has 0 saturated carbocycles. The van der Waals surface area contributed by atoms with Gasteiger partial charge in [0.25, 0.3) is 0 Å². The second kappa shape index (κ2) is 6.57. The summed E-state index contributed by atoms with van der Waals surface area (Å²) in [5, 5.41) is 0. The van der Waals surface area contributed by atoms with Gasteiger partial charge in [0.2, 0.25) is 5.91 Å². The Morgan fingerprint density at radius 1 is 1.20 bits per heavy atom. The Morgan fingerprint density at radius 2 is 1.95 bits per heavy atom. The summed E-state index contributed by atoms with van der Waals surface area (Å²) in [7, 11) is 0. The molecular weight excluding hydrogens is 316 g/mol. The highest BCUT2D eigenvalue weighted by atomic mass is 79.9. The number of nitrogen functional groups attached to an aromatic ring is 1. The number of carbonyl (C=O) groups is 1. The second-order valence-corrected chi connectivity index (χ2v) is 5.46. The monoisotopic (exact) mass is 332 g/mol. The van der Waals surface area contributed by atoms with Crippen molar-refractivity contribution in [3.05, 3.63) is 58.6 Å². The lowest BCUT2D eigenvalue weighted by Gasteiger charge is -2.21. The van der Waals surface area contributed by atoms with E-state index in [9.17, 15) is 4.79 Å². The highest BCUT2D eigenvalue weighted by Gasteiger charge is 2.14. The first-order valence-corrected chi connectivity index (χ1v) is 7.30. The van der Waals surface area contributed by atoms with Crippen LogP contribution in [0.5, 0.6) is 0 Å². The smallest absolute Gasteiger partial charge is 0.231 e. The minimum Gasteiger partial charge on any atom is -0.399 e. The molecule has 0 aromatic heterocycles. The first-order valence-electron chi connectivity index (χ1n) is 6.50. The standard InChI is InChI=1S/C16H17BrN2O/c1-2-19(15-8-4-7-14(18)11-15)16(20)10-12-5-3-6-13(17)9-12/h3-9,11H,2,10,18H2,1H3. The molecule has 3 nitrogen and oxygen atoms in total. The summed E-state index contributed by atoms with van der Waals surface area (Å²) in [5.41, 5.74) is 8.28. The summed E-state index contributed by atoms with van der Waals surface area (Å²) in [5.74, 6) is 0.0659. The molecule has 0 aliphatic rings. The van der Waals surface area contributed by atoms with Crippen LogP contribution in [0.3, 0.4) is 0 Å². The van der Waals surface area contributed by atoms with Crippen LogP contribution in [0.1, 0.15) is 12.5 Å². The Hall–Kier alpha value is -1.81. The van der Waals surface area contributed by atoms with Gasteiger partial charge in [-0.2, -0.15) is 0 Å². The molecule has 0 spiro atoms. The third-order valence-electron chi connectivity index (χ3n) is 3.04. The molecule has 2 aromatic rings. The van der Waals surface area contributed by atoms with Gasteiger partial charge in [-0.1, -0.05) is 34.1 Å². The van der Waals surface area contributed by atoms with E-state index in [-0.39, 0.29) is 5.91 Å². The average Bonchev–Trinajstić information content (AvgIpc) is 2.39. The van der Waals surface area contributed by atoms with Crippen molar-refractivity contribution in [1.82, 2.24) is 0 Å². The van der Waals surface area contributed by atoms with Crippen molar-refractivity contribution in [2.24, 2.45) is 0 Å². The zero-order valence-electron chi connectivity index (χ0n) is 11.3. The number of rotatable bonds is 4. The summed E-state index contributed by atoms with van der Waals surface area (Å²) in [6, 6.07) is 15.2. The van der Waals surface area contributed by atoms with Crippen LogP contribution in [0.4, 0.5) is 11.4 Å². The van der Waals surface area contributed by atoms with E-state index in [0.717, 1.165) is 15.7 Å². The number of carbonyl (C=O) groups excluding carboxylic acids is 1. The number of hydrogen-bond donors (Lipinski definition) is 1. The van der Waals surface area contributed by atoms with E-state index in [2.05, 4.69) is 15.9 Å². The number of nitrogens with two attached hydrogens (primary N) is 1. The minimum absolute atomic E-state index is 0.0659. The Labute approximate surface area is 127 Å². The number of anilines is 2. The fourth-order valence-electron chi connectivity index (χ4n) is 2.11. The maximum Gasteiger partial charge on any atom is 0.231 e. The molecule has 0 heterocycles. The van der Waals surface area contributed by atoms with Gasteiger partial charge in [0.1, 0.15) is 0 Å². The zero-order chi connectivity index (χ0) is 14.5. The maximum atomic E-state index is 12.4. The Balaban J connectivity index is 2.17. The lowest BCUT2D eigenvalue weighted by molar-refractivity contribution is -0.117. The molecule has 1 amide bonds. The molecule has 0 atom stereocenters. The molecule has 20 heavy (non-hydrogen) atoms. The summed E-state index contributed by atoms with van der Waals surface area (Å²) in [4.78, 5) is 14.2. The highest BCUT2D eigenvalue weighted by molar-refractivity contribution is 9.10. The molecule has 0 saturated heterocycles. The van der Waals surface area contributed by atoms with Gasteiger partial charge in [-0.3, -0.25) is 4.79 Å². The lowest BCUT2D eigenvalue weighted by Crippen LogP contribution is -2.32. The zero-order valence-corrected chi connectivity index (χ0v) is 12.9. The van der Waals surface area contributed by atoms with Crippen molar-refractivity contribution >= 4 is 33.2 Å². The molecule has 2 rings (SSSR count). The fourth-order valence-corrected chi connectivity index (χ4v) is 2.56. The number of halogens is 1. The van der Waals surface area contributed by atoms with E-state index in [1.165, 1.54) is 0 Å². The van der Waals surface area contributed by atoms with Crippen LogP contribution in [0.25, 0.3) is 0 Å². The molecule has 2 N–H and O–H groups in total. The van der Waals surface area contributed by atoms with Gasteiger partial charge < -0.3 is 10.6 Å². The molecule has 0 aliphatic heterocycles. The Bertz CT molecular complexity index is 613. The molecule has 0 radical (unpaired) electrons. The van der Waals surface area contributed by atoms with Crippen LogP contribution < -0.4 is 10.6 Å². The number of likely N-dealkylation sites (N-methyl/N-ethyl adjacent to an activating group) is 1. The summed E-state index contributed by atoms with van der Waals surface area (Å²) in [6.45, 7) is 2.58. The van der Waals surface area contributed by atoms with Gasteiger partial charge in [0.05, 0.1) is 6.42 Å². The predicted octanol–water partition coefficient (Wildman–Crippen LogP) is 3.63. The second-order valence-electron chi connectivity index (χ2n) is 4.54. The van der Waals surface area contributed by atoms with Crippen LogP contribution in [0, 0.1) is 0 Å². The van der Waals surface area contributed by atoms with Gasteiger partial charge >= 0.3 is 0 Å². The first kappa shape index (κ1) is 14.6. The Morgan fingerprint density at radius 3 is 2.60 bits per heavy atom. The molecule has 104 valence electrons. The number of benzene rings is 2. The van der Waals surface area contributed by atoms with E-state index in [0.29, 0.717) is 18.7 Å². The van der Waals surface area contributed by atoms with Crippen LogP contribution in [0.2, 0.25) is 0 Å². The summed E-state index contributed by atoms with van der Waals surface area (Å²) in [6.07, 6.45) is 0.377. The van der Waals surface area contributed by atoms with Crippen molar-refractivity contribution < 1.29 is 4.79 Å². The van der Waals surface area contributed by atoms with Gasteiger partial charge in [-0.25, -0.2) is 0 Å². The van der Waals surface area contributed by atoms with E-state index >= 15 is 0 Å². The van der Waals surface area contributed by atoms with Crippen LogP contribution in [0.15, 0.2) is 53.0 Å². The molecular formula is C16H17BrN2O. The average molecular weight is 333 g/mol. The predicted molar refractivity (Wildman–Crippen MR) is 86.7 cm³/mol.